The Morgan fingerprint density at radius 1 is 1.03 bits per heavy atom. The molecule has 0 bridgehead atoms. The van der Waals surface area contributed by atoms with Crippen LogP contribution in [0.3, 0.4) is 0 Å². The van der Waals surface area contributed by atoms with Gasteiger partial charge in [-0.1, -0.05) is 53.7 Å². The van der Waals surface area contributed by atoms with Crippen LogP contribution in [0.2, 0.25) is 0 Å². The number of rotatable bonds is 9. The number of alkyl carbamates (subject to hydrolysis) is 1. The molecule has 10 nitrogen and oxygen atoms in total. The van der Waals surface area contributed by atoms with Crippen LogP contribution in [0.1, 0.15) is 22.7 Å². The number of hydrogen-bond donors (Lipinski definition) is 3. The van der Waals surface area contributed by atoms with Crippen LogP contribution in [0.4, 0.5) is 13.6 Å². The molecule has 0 atom stereocenters. The first-order chi connectivity index (χ1) is 16.7. The lowest BCUT2D eigenvalue weighted by Crippen LogP contribution is -2.48. The van der Waals surface area contributed by atoms with Gasteiger partial charge >= 0.3 is 18.0 Å². The fourth-order valence-electron chi connectivity index (χ4n) is 3.85. The van der Waals surface area contributed by atoms with Crippen LogP contribution in [0.15, 0.2) is 54.7 Å². The van der Waals surface area contributed by atoms with E-state index in [-0.39, 0.29) is 24.8 Å². The Kier molecular flexibility index (Phi) is 6.71. The average molecular weight is 485 g/mol. The van der Waals surface area contributed by atoms with E-state index in [0.29, 0.717) is 0 Å². The van der Waals surface area contributed by atoms with E-state index < -0.39 is 37.0 Å². The lowest BCUT2D eigenvalue weighted by Gasteiger charge is -2.18. The third-order valence-corrected chi connectivity index (χ3v) is 5.44. The van der Waals surface area contributed by atoms with E-state index in [0.717, 1.165) is 26.9 Å². The molecule has 0 fully saturated rings. The Morgan fingerprint density at radius 2 is 1.66 bits per heavy atom. The van der Waals surface area contributed by atoms with Crippen LogP contribution >= 0.6 is 0 Å². The summed E-state index contributed by atoms with van der Waals surface area (Å²) in [7, 11) is 0. The third-order valence-electron chi connectivity index (χ3n) is 5.44. The van der Waals surface area contributed by atoms with Crippen molar-refractivity contribution in [1.29, 1.82) is 0 Å². The second-order valence-electron chi connectivity index (χ2n) is 7.87. The van der Waals surface area contributed by atoms with E-state index in [1.54, 1.807) is 0 Å². The molecule has 0 spiro atoms. The molecule has 4 rings (SSSR count). The van der Waals surface area contributed by atoms with Gasteiger partial charge in [-0.25, -0.2) is 9.48 Å². The highest BCUT2D eigenvalue weighted by Gasteiger charge is 2.39. The molecule has 1 aliphatic carbocycles. The van der Waals surface area contributed by atoms with E-state index in [4.69, 9.17) is 9.84 Å². The van der Waals surface area contributed by atoms with Gasteiger partial charge < -0.3 is 20.5 Å². The Morgan fingerprint density at radius 3 is 2.29 bits per heavy atom. The lowest BCUT2D eigenvalue weighted by molar-refractivity contribution is -0.145. The van der Waals surface area contributed by atoms with Crippen LogP contribution in [0, 0.1) is 0 Å². The minimum atomic E-state index is -3.91. The molecule has 35 heavy (non-hydrogen) atoms. The maximum Gasteiger partial charge on any atom is 0.407 e. The van der Waals surface area contributed by atoms with Crippen LogP contribution in [0.25, 0.3) is 11.1 Å². The van der Waals surface area contributed by atoms with E-state index >= 15 is 0 Å². The van der Waals surface area contributed by atoms with Crippen molar-refractivity contribution in [2.24, 2.45) is 0 Å². The second kappa shape index (κ2) is 9.87. The first-order valence-corrected chi connectivity index (χ1v) is 10.6. The zero-order chi connectivity index (χ0) is 25.0. The summed E-state index contributed by atoms with van der Waals surface area (Å²) in [5, 5.41) is 19.7. The molecule has 0 unspecified atom stereocenters. The third kappa shape index (κ3) is 5.42. The molecular formula is C23H21F2N5O5. The predicted molar refractivity (Wildman–Crippen MR) is 118 cm³/mol. The number of aliphatic carboxylic acids is 1. The summed E-state index contributed by atoms with van der Waals surface area (Å²) in [6.07, 6.45) is 0.137. The molecule has 0 aliphatic heterocycles. The van der Waals surface area contributed by atoms with E-state index in [9.17, 15) is 23.2 Å². The summed E-state index contributed by atoms with van der Waals surface area (Å²) in [5.41, 5.74) is 4.12. The molecule has 0 saturated heterocycles. The SMILES string of the molecule is O=C(O)Cn1cc(CNC(=O)C(F)(F)CNC(=O)OCC2c3ccccc3-c3ccccc32)nn1. The lowest BCUT2D eigenvalue weighted by atomic mass is 9.98. The molecule has 1 heterocycles. The van der Waals surface area contributed by atoms with Crippen LogP contribution in [-0.2, 0) is 27.4 Å². The number of fused-ring (bicyclic) bond motifs is 3. The van der Waals surface area contributed by atoms with Crippen molar-refractivity contribution in [3.8, 4) is 11.1 Å². The van der Waals surface area contributed by atoms with Gasteiger partial charge in [0.1, 0.15) is 18.8 Å². The smallest absolute Gasteiger partial charge is 0.407 e. The molecule has 3 aromatic rings. The number of benzene rings is 2. The zero-order valence-electron chi connectivity index (χ0n) is 18.3. The Balaban J connectivity index is 1.27. The highest BCUT2D eigenvalue weighted by atomic mass is 19.3. The number of nitrogens with one attached hydrogen (secondary N) is 2. The fourth-order valence-corrected chi connectivity index (χ4v) is 3.85. The number of nitrogens with zero attached hydrogens (tertiary/aromatic N) is 3. The van der Waals surface area contributed by atoms with Gasteiger partial charge in [0, 0.05) is 5.92 Å². The number of ether oxygens (including phenoxy) is 1. The second-order valence-corrected chi connectivity index (χ2v) is 7.87. The first kappa shape index (κ1) is 23.8. The summed E-state index contributed by atoms with van der Waals surface area (Å²) in [6.45, 7) is -2.16. The van der Waals surface area contributed by atoms with Crippen LogP contribution < -0.4 is 10.6 Å². The molecule has 2 amide bonds. The normalized spacial score (nSPS) is 12.5. The van der Waals surface area contributed by atoms with Gasteiger partial charge in [-0.15, -0.1) is 5.10 Å². The quantitative estimate of drug-likeness (QED) is 0.423. The number of carbonyl (C=O) groups is 3. The van der Waals surface area contributed by atoms with Crippen LogP contribution in [0.5, 0.6) is 0 Å². The van der Waals surface area contributed by atoms with Gasteiger partial charge in [-0.2, -0.15) is 8.78 Å². The first-order valence-electron chi connectivity index (χ1n) is 10.6. The summed E-state index contributed by atoms with van der Waals surface area (Å²) in [4.78, 5) is 34.6. The van der Waals surface area contributed by atoms with Crippen molar-refractivity contribution in [2.75, 3.05) is 13.2 Å². The molecule has 0 saturated carbocycles. The number of alkyl halides is 2. The number of carboxylic acid groups (broad SMARTS) is 1. The topological polar surface area (TPSA) is 135 Å². The summed E-state index contributed by atoms with van der Waals surface area (Å²) < 4.78 is 34.6. The largest absolute Gasteiger partial charge is 0.480 e. The maximum absolute atomic E-state index is 14.2. The van der Waals surface area contributed by atoms with Crippen LogP contribution in [-0.4, -0.2) is 57.1 Å². The molecular weight excluding hydrogens is 464 g/mol. The standard InChI is InChI=1S/C23H21F2N5O5/c24-23(25,21(33)26-9-14-10-30(29-28-14)11-20(31)32)13-27-22(34)35-12-19-17-7-3-1-5-15(17)16-6-2-4-8-18(16)19/h1-8,10,19H,9,11-13H2,(H,26,33)(H,27,34)(H,31,32). The number of carbonyl (C=O) groups excluding carboxylic acids is 2. The maximum atomic E-state index is 14.2. The van der Waals surface area contributed by atoms with Gasteiger partial charge in [0.2, 0.25) is 0 Å². The van der Waals surface area contributed by atoms with Gasteiger partial charge in [0.25, 0.3) is 5.91 Å². The minimum Gasteiger partial charge on any atom is -0.480 e. The monoisotopic (exact) mass is 485 g/mol. The summed E-state index contributed by atoms with van der Waals surface area (Å²) in [5.74, 6) is -6.94. The Bertz CT molecular complexity index is 1220. The van der Waals surface area contributed by atoms with Gasteiger partial charge in [0.15, 0.2) is 0 Å². The van der Waals surface area contributed by atoms with Crippen molar-refractivity contribution in [3.05, 3.63) is 71.5 Å². The summed E-state index contributed by atoms with van der Waals surface area (Å²) in [6, 6.07) is 15.4. The van der Waals surface area contributed by atoms with Gasteiger partial charge in [-0.3, -0.25) is 9.59 Å². The van der Waals surface area contributed by atoms with E-state index in [1.165, 1.54) is 6.20 Å². The molecule has 0 radical (unpaired) electrons. The number of halogens is 2. The van der Waals surface area contributed by atoms with Crippen molar-refractivity contribution in [1.82, 2.24) is 25.6 Å². The van der Waals surface area contributed by atoms with E-state index in [1.807, 2.05) is 59.2 Å². The molecule has 2 aromatic carbocycles. The number of amides is 2. The van der Waals surface area contributed by atoms with Gasteiger partial charge in [-0.05, 0) is 22.3 Å². The minimum absolute atomic E-state index is 0.0520. The Labute approximate surface area is 197 Å². The van der Waals surface area contributed by atoms with E-state index in [2.05, 4.69) is 10.3 Å². The summed E-state index contributed by atoms with van der Waals surface area (Å²) >= 11 is 0. The Hall–Kier alpha value is -4.35. The van der Waals surface area contributed by atoms with Crippen molar-refractivity contribution < 1.29 is 33.0 Å². The molecule has 182 valence electrons. The highest BCUT2D eigenvalue weighted by molar-refractivity contribution is 5.84. The van der Waals surface area contributed by atoms with Gasteiger partial charge in [0.05, 0.1) is 19.3 Å². The number of hydrogen-bond acceptors (Lipinski definition) is 6. The fraction of sp³-hybridized carbons (Fsp3) is 0.261. The zero-order valence-corrected chi connectivity index (χ0v) is 18.3. The molecule has 1 aliphatic rings. The molecule has 1 aromatic heterocycles. The molecule has 3 N–H and O–H groups in total. The predicted octanol–water partition coefficient (Wildman–Crippen LogP) is 2.15. The highest BCUT2D eigenvalue weighted by Crippen LogP contribution is 2.44. The number of aromatic nitrogens is 3. The van der Waals surface area contributed by atoms with Crippen molar-refractivity contribution in [3.63, 3.8) is 0 Å². The van der Waals surface area contributed by atoms with Crippen molar-refractivity contribution >= 4 is 18.0 Å². The van der Waals surface area contributed by atoms with Crippen molar-refractivity contribution in [2.45, 2.75) is 24.9 Å². The molecule has 12 heteroatoms. The average Bonchev–Trinajstić information content (AvgIpc) is 3.41. The number of carboxylic acids is 1.